The third kappa shape index (κ3) is 1.48. The SMILES string of the molecule is CC1=NC=C(c2ccc3c(C)noc3c2F)C1. The number of hydrogen-bond acceptors (Lipinski definition) is 3. The molecule has 2 heterocycles. The highest BCUT2D eigenvalue weighted by Gasteiger charge is 2.18. The number of halogens is 1. The predicted octanol–water partition coefficient (Wildman–Crippen LogP) is 3.48. The highest BCUT2D eigenvalue weighted by molar-refractivity contribution is 5.98. The highest BCUT2D eigenvalue weighted by atomic mass is 19.1. The van der Waals surface area contributed by atoms with Gasteiger partial charge in [0.15, 0.2) is 5.82 Å². The van der Waals surface area contributed by atoms with Crippen molar-refractivity contribution in [3.8, 4) is 0 Å². The smallest absolute Gasteiger partial charge is 0.203 e. The maximum Gasteiger partial charge on any atom is 0.203 e. The molecular weight excluding hydrogens is 219 g/mol. The van der Waals surface area contributed by atoms with Crippen LogP contribution in [0.15, 0.2) is 27.8 Å². The van der Waals surface area contributed by atoms with Gasteiger partial charge >= 0.3 is 0 Å². The van der Waals surface area contributed by atoms with Crippen molar-refractivity contribution in [2.24, 2.45) is 4.99 Å². The van der Waals surface area contributed by atoms with Crippen molar-refractivity contribution in [2.45, 2.75) is 20.3 Å². The zero-order valence-electron chi connectivity index (χ0n) is 9.62. The first-order valence-corrected chi connectivity index (χ1v) is 5.44. The molecule has 86 valence electrons. The Labute approximate surface area is 97.6 Å². The molecule has 0 bridgehead atoms. The molecule has 0 saturated carbocycles. The van der Waals surface area contributed by atoms with Gasteiger partial charge in [-0.1, -0.05) is 11.2 Å². The van der Waals surface area contributed by atoms with Crippen LogP contribution in [0.2, 0.25) is 0 Å². The summed E-state index contributed by atoms with van der Waals surface area (Å²) in [6.45, 7) is 3.73. The predicted molar refractivity (Wildman–Crippen MR) is 64.4 cm³/mol. The summed E-state index contributed by atoms with van der Waals surface area (Å²) in [5, 5.41) is 4.50. The molecule has 1 aromatic heterocycles. The molecule has 2 aromatic rings. The van der Waals surface area contributed by atoms with Gasteiger partial charge in [-0.3, -0.25) is 4.99 Å². The van der Waals surface area contributed by atoms with Gasteiger partial charge in [0.05, 0.1) is 5.69 Å². The fourth-order valence-corrected chi connectivity index (χ4v) is 2.06. The molecule has 17 heavy (non-hydrogen) atoms. The van der Waals surface area contributed by atoms with Crippen LogP contribution in [0.1, 0.15) is 24.6 Å². The van der Waals surface area contributed by atoms with Crippen LogP contribution in [0.4, 0.5) is 4.39 Å². The second-order valence-corrected chi connectivity index (χ2v) is 4.27. The molecule has 0 aliphatic carbocycles. The van der Waals surface area contributed by atoms with Crippen molar-refractivity contribution in [2.75, 3.05) is 0 Å². The van der Waals surface area contributed by atoms with E-state index in [4.69, 9.17) is 4.52 Å². The van der Waals surface area contributed by atoms with E-state index in [2.05, 4.69) is 10.1 Å². The summed E-state index contributed by atoms with van der Waals surface area (Å²) < 4.78 is 19.3. The second-order valence-electron chi connectivity index (χ2n) is 4.27. The molecule has 0 N–H and O–H groups in total. The van der Waals surface area contributed by atoms with Gasteiger partial charge in [-0.25, -0.2) is 4.39 Å². The zero-order chi connectivity index (χ0) is 12.0. The lowest BCUT2D eigenvalue weighted by molar-refractivity contribution is 0.435. The summed E-state index contributed by atoms with van der Waals surface area (Å²) >= 11 is 0. The van der Waals surface area contributed by atoms with Crippen molar-refractivity contribution in [1.82, 2.24) is 5.16 Å². The Hall–Kier alpha value is -1.97. The van der Waals surface area contributed by atoms with Crippen LogP contribution in [-0.4, -0.2) is 10.9 Å². The molecule has 1 aliphatic rings. The molecule has 3 nitrogen and oxygen atoms in total. The van der Waals surface area contributed by atoms with Gasteiger partial charge in [0.25, 0.3) is 0 Å². The summed E-state index contributed by atoms with van der Waals surface area (Å²) in [4.78, 5) is 4.16. The minimum absolute atomic E-state index is 0.227. The molecule has 0 fully saturated rings. The van der Waals surface area contributed by atoms with E-state index in [1.807, 2.05) is 13.0 Å². The van der Waals surface area contributed by atoms with Gasteiger partial charge in [-0.05, 0) is 25.5 Å². The van der Waals surface area contributed by atoms with E-state index < -0.39 is 0 Å². The molecule has 0 saturated heterocycles. The number of aryl methyl sites for hydroxylation is 1. The first-order chi connectivity index (χ1) is 8.16. The maximum absolute atomic E-state index is 14.2. The third-order valence-corrected chi connectivity index (χ3v) is 2.99. The topological polar surface area (TPSA) is 38.4 Å². The number of aromatic nitrogens is 1. The Morgan fingerprint density at radius 2 is 2.12 bits per heavy atom. The average Bonchev–Trinajstić information content (AvgIpc) is 2.87. The largest absolute Gasteiger partial charge is 0.353 e. The number of benzene rings is 1. The zero-order valence-corrected chi connectivity index (χ0v) is 9.62. The molecule has 3 rings (SSSR count). The van der Waals surface area contributed by atoms with E-state index in [0.29, 0.717) is 17.7 Å². The van der Waals surface area contributed by atoms with Crippen molar-refractivity contribution in [1.29, 1.82) is 0 Å². The second kappa shape index (κ2) is 3.52. The van der Waals surface area contributed by atoms with Gasteiger partial charge in [0.1, 0.15) is 0 Å². The fraction of sp³-hybridized carbons (Fsp3) is 0.231. The molecular formula is C13H11FN2O. The lowest BCUT2D eigenvalue weighted by Crippen LogP contribution is -1.92. The molecule has 0 atom stereocenters. The van der Waals surface area contributed by atoms with E-state index in [0.717, 1.165) is 16.7 Å². The first kappa shape index (κ1) is 10.2. The number of fused-ring (bicyclic) bond motifs is 1. The van der Waals surface area contributed by atoms with Gasteiger partial charge in [-0.15, -0.1) is 0 Å². The van der Waals surface area contributed by atoms with Gasteiger partial charge in [-0.2, -0.15) is 0 Å². The quantitative estimate of drug-likeness (QED) is 0.752. The van der Waals surface area contributed by atoms with Crippen molar-refractivity contribution in [3.63, 3.8) is 0 Å². The van der Waals surface area contributed by atoms with Crippen LogP contribution in [0.25, 0.3) is 16.5 Å². The normalized spacial score (nSPS) is 15.2. The Kier molecular flexibility index (Phi) is 2.11. The first-order valence-electron chi connectivity index (χ1n) is 5.44. The minimum atomic E-state index is -0.348. The summed E-state index contributed by atoms with van der Waals surface area (Å²) in [6, 6.07) is 3.61. The average molecular weight is 230 g/mol. The Morgan fingerprint density at radius 1 is 1.29 bits per heavy atom. The molecule has 0 amide bonds. The van der Waals surface area contributed by atoms with E-state index in [-0.39, 0.29) is 11.4 Å². The fourth-order valence-electron chi connectivity index (χ4n) is 2.06. The number of allylic oxidation sites excluding steroid dienone is 1. The molecule has 0 spiro atoms. The van der Waals surface area contributed by atoms with Crippen LogP contribution in [0.3, 0.4) is 0 Å². The maximum atomic E-state index is 14.2. The summed E-state index contributed by atoms with van der Waals surface area (Å²) in [5.74, 6) is -0.348. The van der Waals surface area contributed by atoms with E-state index >= 15 is 0 Å². The van der Waals surface area contributed by atoms with Crippen LogP contribution in [0.5, 0.6) is 0 Å². The molecule has 1 aliphatic heterocycles. The third-order valence-electron chi connectivity index (χ3n) is 2.99. The Morgan fingerprint density at radius 3 is 2.82 bits per heavy atom. The van der Waals surface area contributed by atoms with Gasteiger partial charge in [0, 0.05) is 29.3 Å². The van der Waals surface area contributed by atoms with E-state index in [1.165, 1.54) is 0 Å². The number of aliphatic imine (C=N–C) groups is 1. The summed E-state index contributed by atoms with van der Waals surface area (Å²) in [7, 11) is 0. The van der Waals surface area contributed by atoms with Crippen LogP contribution >= 0.6 is 0 Å². The molecule has 1 aromatic carbocycles. The van der Waals surface area contributed by atoms with E-state index in [1.54, 1.807) is 19.2 Å². The number of hydrogen-bond donors (Lipinski definition) is 0. The van der Waals surface area contributed by atoms with Crippen molar-refractivity contribution < 1.29 is 8.91 Å². The van der Waals surface area contributed by atoms with Crippen molar-refractivity contribution in [3.05, 3.63) is 35.4 Å². The monoisotopic (exact) mass is 230 g/mol. The summed E-state index contributed by atoms with van der Waals surface area (Å²) in [5.41, 5.74) is 3.36. The minimum Gasteiger partial charge on any atom is -0.353 e. The molecule has 4 heteroatoms. The van der Waals surface area contributed by atoms with E-state index in [9.17, 15) is 4.39 Å². The number of nitrogens with zero attached hydrogens (tertiary/aromatic N) is 2. The Bertz CT molecular complexity index is 667. The molecule has 0 radical (unpaired) electrons. The molecule has 0 unspecified atom stereocenters. The standard InChI is InChI=1S/C13H11FN2O/c1-7-5-9(6-15-7)11-4-3-10-8(2)16-17-13(10)12(11)14/h3-4,6H,5H2,1-2H3. The van der Waals surface area contributed by atoms with Crippen LogP contribution in [0, 0.1) is 12.7 Å². The van der Waals surface area contributed by atoms with Crippen molar-refractivity contribution >= 4 is 22.3 Å². The highest BCUT2D eigenvalue weighted by Crippen LogP contribution is 2.31. The van der Waals surface area contributed by atoms with Gasteiger partial charge < -0.3 is 4.52 Å². The Balaban J connectivity index is 2.16. The van der Waals surface area contributed by atoms with Gasteiger partial charge in [0.2, 0.25) is 5.58 Å². The summed E-state index contributed by atoms with van der Waals surface area (Å²) in [6.07, 6.45) is 2.40. The lowest BCUT2D eigenvalue weighted by Gasteiger charge is -2.03. The van der Waals surface area contributed by atoms with Crippen LogP contribution < -0.4 is 0 Å². The lowest BCUT2D eigenvalue weighted by atomic mass is 10.0. The number of rotatable bonds is 1. The van der Waals surface area contributed by atoms with Crippen LogP contribution in [-0.2, 0) is 0 Å².